The first-order valence-electron chi connectivity index (χ1n) is 6.37. The monoisotopic (exact) mass is 425 g/mol. The number of esters is 1. The van der Waals surface area contributed by atoms with Gasteiger partial charge in [-0.25, -0.2) is 9.78 Å². The zero-order chi connectivity index (χ0) is 18.1. The van der Waals surface area contributed by atoms with Crippen LogP contribution in [0.5, 0.6) is 0 Å². The van der Waals surface area contributed by atoms with Gasteiger partial charge in [0.05, 0.1) is 17.3 Å². The van der Waals surface area contributed by atoms with Crippen molar-refractivity contribution in [2.75, 3.05) is 12.4 Å². The van der Waals surface area contributed by atoms with Crippen molar-refractivity contribution in [3.05, 3.63) is 22.7 Å². The molecule has 0 aliphatic rings. The summed E-state index contributed by atoms with van der Waals surface area (Å²) in [5.41, 5.74) is -2.99. The third-order valence-corrected chi connectivity index (χ3v) is 4.35. The van der Waals surface area contributed by atoms with Crippen molar-refractivity contribution < 1.29 is 27.5 Å². The third-order valence-electron chi connectivity index (χ3n) is 2.93. The maximum absolute atomic E-state index is 13.6. The molecular weight excluding hydrogens is 415 g/mol. The maximum Gasteiger partial charge on any atom is 0.442 e. The molecule has 0 aliphatic heterocycles. The van der Waals surface area contributed by atoms with Gasteiger partial charge in [0.25, 0.3) is 0 Å². The van der Waals surface area contributed by atoms with E-state index in [0.29, 0.717) is 10.2 Å². The molecule has 0 spiro atoms. The van der Waals surface area contributed by atoms with Gasteiger partial charge in [-0.1, -0.05) is 27.3 Å². The van der Waals surface area contributed by atoms with Crippen molar-refractivity contribution in [2.24, 2.45) is 0 Å². The van der Waals surface area contributed by atoms with Gasteiger partial charge in [-0.05, 0) is 18.2 Å². The number of halogens is 4. The van der Waals surface area contributed by atoms with Gasteiger partial charge < -0.3 is 15.4 Å². The Morgan fingerprint density at radius 2 is 2.00 bits per heavy atom. The molecule has 130 valence electrons. The molecule has 0 bridgehead atoms. The standard InChI is InChI=1S/C13H11BrF3N3O3S/c1-6(21)19-12(10(22)23-2,13(15,16)17)20-11-18-8-4-3-7(14)5-9(8)24-11/h3-5H,1-2H3,(H,18,20)(H,19,21). The quantitative estimate of drug-likeness (QED) is 0.581. The van der Waals surface area contributed by atoms with Gasteiger partial charge in [0.1, 0.15) is 0 Å². The van der Waals surface area contributed by atoms with E-state index in [0.717, 1.165) is 29.8 Å². The smallest absolute Gasteiger partial charge is 0.442 e. The Morgan fingerprint density at radius 1 is 1.33 bits per heavy atom. The molecule has 2 N–H and O–H groups in total. The number of carbonyl (C=O) groups excluding carboxylic acids is 2. The number of rotatable bonds is 4. The summed E-state index contributed by atoms with van der Waals surface area (Å²) in [4.78, 5) is 27.1. The molecule has 1 atom stereocenters. The zero-order valence-corrected chi connectivity index (χ0v) is 14.7. The van der Waals surface area contributed by atoms with Gasteiger partial charge in [0.2, 0.25) is 5.91 Å². The Morgan fingerprint density at radius 3 is 2.54 bits per heavy atom. The van der Waals surface area contributed by atoms with Crippen molar-refractivity contribution >= 4 is 54.5 Å². The van der Waals surface area contributed by atoms with E-state index in [-0.39, 0.29) is 5.13 Å². The van der Waals surface area contributed by atoms with E-state index in [4.69, 9.17) is 0 Å². The van der Waals surface area contributed by atoms with Crippen LogP contribution in [0.2, 0.25) is 0 Å². The molecule has 1 aromatic carbocycles. The number of methoxy groups -OCH3 is 1. The number of aromatic nitrogens is 1. The minimum Gasteiger partial charge on any atom is -0.466 e. The maximum atomic E-state index is 13.6. The summed E-state index contributed by atoms with van der Waals surface area (Å²) >= 11 is 4.15. The molecule has 24 heavy (non-hydrogen) atoms. The lowest BCUT2D eigenvalue weighted by Gasteiger charge is -2.33. The number of hydrogen-bond acceptors (Lipinski definition) is 6. The Balaban J connectivity index is 2.53. The second-order valence-electron chi connectivity index (χ2n) is 4.68. The Labute approximate surface area is 146 Å². The fraction of sp³-hybridized carbons (Fsp3) is 0.308. The number of nitrogens with zero attached hydrogens (tertiary/aromatic N) is 1. The number of nitrogens with one attached hydrogen (secondary N) is 2. The van der Waals surface area contributed by atoms with Crippen LogP contribution >= 0.6 is 27.3 Å². The molecule has 0 aliphatic carbocycles. The first-order valence-corrected chi connectivity index (χ1v) is 7.98. The second-order valence-corrected chi connectivity index (χ2v) is 6.62. The van der Waals surface area contributed by atoms with Crippen LogP contribution in [0.3, 0.4) is 0 Å². The fourth-order valence-corrected chi connectivity index (χ4v) is 3.39. The van der Waals surface area contributed by atoms with Crippen LogP contribution in [0, 0.1) is 0 Å². The molecule has 2 rings (SSSR count). The summed E-state index contributed by atoms with van der Waals surface area (Å²) in [6.45, 7) is 0.862. The zero-order valence-electron chi connectivity index (χ0n) is 12.3. The minimum absolute atomic E-state index is 0.195. The van der Waals surface area contributed by atoms with Gasteiger partial charge in [-0.3, -0.25) is 4.79 Å². The number of thiazole rings is 1. The van der Waals surface area contributed by atoms with Crippen molar-refractivity contribution in [1.29, 1.82) is 0 Å². The summed E-state index contributed by atoms with van der Waals surface area (Å²) in [7, 11) is 0.793. The molecule has 0 saturated carbocycles. The van der Waals surface area contributed by atoms with Gasteiger partial charge >= 0.3 is 17.8 Å². The van der Waals surface area contributed by atoms with Gasteiger partial charge in [0, 0.05) is 11.4 Å². The van der Waals surface area contributed by atoms with Crippen LogP contribution in [-0.2, 0) is 14.3 Å². The Bertz CT molecular complexity index is 796. The molecule has 6 nitrogen and oxygen atoms in total. The van der Waals surface area contributed by atoms with Crippen LogP contribution < -0.4 is 10.6 Å². The highest BCUT2D eigenvalue weighted by Crippen LogP contribution is 2.36. The molecule has 2 aromatic rings. The fourth-order valence-electron chi connectivity index (χ4n) is 1.92. The lowest BCUT2D eigenvalue weighted by molar-refractivity contribution is -0.206. The van der Waals surface area contributed by atoms with Crippen molar-refractivity contribution in [3.8, 4) is 0 Å². The molecule has 1 unspecified atom stereocenters. The number of benzene rings is 1. The predicted molar refractivity (Wildman–Crippen MR) is 85.6 cm³/mol. The van der Waals surface area contributed by atoms with Gasteiger partial charge in [-0.2, -0.15) is 13.2 Å². The van der Waals surface area contributed by atoms with E-state index in [1.807, 2.05) is 5.32 Å². The van der Waals surface area contributed by atoms with Crippen molar-refractivity contribution in [2.45, 2.75) is 18.8 Å². The lowest BCUT2D eigenvalue weighted by Crippen LogP contribution is -2.69. The molecule has 0 fully saturated rings. The van der Waals surface area contributed by atoms with E-state index in [2.05, 4.69) is 25.7 Å². The summed E-state index contributed by atoms with van der Waals surface area (Å²) in [5.74, 6) is -2.76. The molecule has 1 aromatic heterocycles. The summed E-state index contributed by atoms with van der Waals surface area (Å²) in [5, 5.41) is 3.39. The summed E-state index contributed by atoms with van der Waals surface area (Å²) < 4.78 is 46.3. The van der Waals surface area contributed by atoms with E-state index in [1.54, 1.807) is 23.5 Å². The third kappa shape index (κ3) is 3.46. The summed E-state index contributed by atoms with van der Waals surface area (Å²) in [6, 6.07) is 4.95. The average molecular weight is 426 g/mol. The number of amides is 1. The number of anilines is 1. The lowest BCUT2D eigenvalue weighted by atomic mass is 10.1. The first-order chi connectivity index (χ1) is 11.1. The SMILES string of the molecule is COC(=O)C(NC(C)=O)(Nc1nc2ccc(Br)cc2s1)C(F)(F)F. The van der Waals surface area contributed by atoms with Crippen LogP contribution in [0.15, 0.2) is 22.7 Å². The highest BCUT2D eigenvalue weighted by atomic mass is 79.9. The van der Waals surface area contributed by atoms with Gasteiger partial charge in [0.15, 0.2) is 5.13 Å². The molecule has 0 saturated heterocycles. The minimum atomic E-state index is -5.16. The number of hydrogen-bond donors (Lipinski definition) is 2. The highest BCUT2D eigenvalue weighted by molar-refractivity contribution is 9.10. The summed E-state index contributed by atoms with van der Waals surface area (Å²) in [6.07, 6.45) is -5.16. The Hall–Kier alpha value is -1.88. The number of ether oxygens (including phenoxy) is 1. The molecular formula is C13H11BrF3N3O3S. The van der Waals surface area contributed by atoms with Crippen LogP contribution in [0.25, 0.3) is 10.2 Å². The normalized spacial score (nSPS) is 14.1. The number of fused-ring (bicyclic) bond motifs is 1. The predicted octanol–water partition coefficient (Wildman–Crippen LogP) is 3.04. The van der Waals surface area contributed by atoms with E-state index in [9.17, 15) is 22.8 Å². The van der Waals surface area contributed by atoms with Crippen molar-refractivity contribution in [3.63, 3.8) is 0 Å². The van der Waals surface area contributed by atoms with Crippen molar-refractivity contribution in [1.82, 2.24) is 10.3 Å². The first kappa shape index (κ1) is 18.5. The van der Waals surface area contributed by atoms with Crippen LogP contribution in [0.1, 0.15) is 6.92 Å². The number of carbonyl (C=O) groups is 2. The topological polar surface area (TPSA) is 80.3 Å². The van der Waals surface area contributed by atoms with E-state index < -0.39 is 23.7 Å². The molecule has 0 radical (unpaired) electrons. The number of alkyl halides is 3. The van der Waals surface area contributed by atoms with E-state index >= 15 is 0 Å². The molecule has 11 heteroatoms. The van der Waals surface area contributed by atoms with Crippen LogP contribution in [0.4, 0.5) is 18.3 Å². The van der Waals surface area contributed by atoms with E-state index in [1.165, 1.54) is 0 Å². The second kappa shape index (κ2) is 6.55. The van der Waals surface area contributed by atoms with Crippen LogP contribution in [-0.4, -0.2) is 35.8 Å². The molecule has 1 amide bonds. The molecule has 1 heterocycles. The average Bonchev–Trinajstić information content (AvgIpc) is 2.85. The highest BCUT2D eigenvalue weighted by Gasteiger charge is 2.63. The Kier molecular flexibility index (Phi) is 5.04. The largest absolute Gasteiger partial charge is 0.466 e. The van der Waals surface area contributed by atoms with Gasteiger partial charge in [-0.15, -0.1) is 0 Å².